The molecule has 5 heterocycles. The molecule has 2 fully saturated rings. The molecule has 0 amide bonds. The number of aromatic hydroxyl groups is 1. The SMILES string of the molecule is Oc1cc(-n2cccn2)ccc1-c1nnc2c(n1)CCCN2[C@@H]1C[C@H]2CC(F)(F)[C@H](C1)N2. The summed E-state index contributed by atoms with van der Waals surface area (Å²) in [5, 5.41) is 26.6. The average molecular weight is 439 g/mol. The molecule has 3 aliphatic rings. The van der Waals surface area contributed by atoms with Crippen molar-refractivity contribution < 1.29 is 13.9 Å². The third kappa shape index (κ3) is 3.21. The van der Waals surface area contributed by atoms with Gasteiger partial charge in [-0.3, -0.25) is 0 Å². The molecular formula is C22H23F2N7O. The van der Waals surface area contributed by atoms with Gasteiger partial charge in [-0.05, 0) is 43.9 Å². The van der Waals surface area contributed by atoms with Crippen molar-refractivity contribution in [1.29, 1.82) is 0 Å². The molecule has 2 N–H and O–H groups in total. The number of hydrogen-bond acceptors (Lipinski definition) is 7. The van der Waals surface area contributed by atoms with Crippen LogP contribution in [0.2, 0.25) is 0 Å². The van der Waals surface area contributed by atoms with Gasteiger partial charge in [-0.25, -0.2) is 18.4 Å². The van der Waals surface area contributed by atoms with Crippen LogP contribution in [0.25, 0.3) is 17.1 Å². The zero-order valence-corrected chi connectivity index (χ0v) is 17.3. The lowest BCUT2D eigenvalue weighted by Gasteiger charge is -2.40. The van der Waals surface area contributed by atoms with Crippen LogP contribution < -0.4 is 10.2 Å². The zero-order valence-electron chi connectivity index (χ0n) is 17.3. The predicted molar refractivity (Wildman–Crippen MR) is 113 cm³/mol. The Morgan fingerprint density at radius 3 is 2.88 bits per heavy atom. The first kappa shape index (κ1) is 19.5. The molecule has 166 valence electrons. The standard InChI is InChI=1S/C22H23F2N7O/c23-22(24)12-13-9-15(11-19(22)26-13)30-7-1-3-17-21(30)29-28-20(27-17)16-5-4-14(10-18(16)32)31-8-2-6-25-31/h2,4-6,8,10,13,15,19,26,32H,1,3,7,9,11-12H2/t13-,15+,19-/m0/s1. The maximum absolute atomic E-state index is 14.2. The van der Waals surface area contributed by atoms with E-state index < -0.39 is 12.0 Å². The summed E-state index contributed by atoms with van der Waals surface area (Å²) >= 11 is 0. The van der Waals surface area contributed by atoms with E-state index in [0.29, 0.717) is 30.0 Å². The van der Waals surface area contributed by atoms with Gasteiger partial charge in [0, 0.05) is 43.5 Å². The molecule has 0 unspecified atom stereocenters. The van der Waals surface area contributed by atoms with E-state index in [1.54, 1.807) is 29.2 Å². The third-order valence-corrected chi connectivity index (χ3v) is 6.78. The molecular weight excluding hydrogens is 416 g/mol. The van der Waals surface area contributed by atoms with Gasteiger partial charge in [-0.1, -0.05) is 0 Å². The fourth-order valence-electron chi connectivity index (χ4n) is 5.29. The van der Waals surface area contributed by atoms with Crippen LogP contribution in [-0.2, 0) is 6.42 Å². The average Bonchev–Trinajstić information content (AvgIpc) is 3.39. The molecule has 2 bridgehead atoms. The summed E-state index contributed by atoms with van der Waals surface area (Å²) in [7, 11) is 0. The normalized spacial score (nSPS) is 26.2. The van der Waals surface area contributed by atoms with E-state index in [4.69, 9.17) is 4.98 Å². The summed E-state index contributed by atoms with van der Waals surface area (Å²) in [4.78, 5) is 6.82. The summed E-state index contributed by atoms with van der Waals surface area (Å²) in [6, 6.07) is 6.07. The molecule has 3 aromatic rings. The predicted octanol–water partition coefficient (Wildman–Crippen LogP) is 2.71. The molecule has 0 spiro atoms. The Bertz CT molecular complexity index is 1150. The Labute approximate surface area is 183 Å². The fourth-order valence-corrected chi connectivity index (χ4v) is 5.29. The summed E-state index contributed by atoms with van der Waals surface area (Å²) in [6.45, 7) is 0.766. The van der Waals surface area contributed by atoms with Crippen LogP contribution in [0.15, 0.2) is 36.7 Å². The van der Waals surface area contributed by atoms with Gasteiger partial charge in [0.25, 0.3) is 5.92 Å². The number of aryl methyl sites for hydroxylation is 1. The number of hydrogen-bond donors (Lipinski definition) is 2. The second-order valence-corrected chi connectivity index (χ2v) is 8.86. The molecule has 0 aliphatic carbocycles. The van der Waals surface area contributed by atoms with Gasteiger partial charge in [0.1, 0.15) is 5.75 Å². The Morgan fingerprint density at radius 1 is 1.19 bits per heavy atom. The van der Waals surface area contributed by atoms with E-state index >= 15 is 0 Å². The van der Waals surface area contributed by atoms with Crippen molar-refractivity contribution in [3.8, 4) is 22.8 Å². The number of aromatic nitrogens is 5. The van der Waals surface area contributed by atoms with Gasteiger partial charge < -0.3 is 15.3 Å². The Kier molecular flexibility index (Phi) is 4.39. The van der Waals surface area contributed by atoms with Gasteiger partial charge in [0.2, 0.25) is 0 Å². The van der Waals surface area contributed by atoms with Crippen molar-refractivity contribution in [1.82, 2.24) is 30.3 Å². The highest BCUT2D eigenvalue weighted by molar-refractivity contribution is 5.66. The van der Waals surface area contributed by atoms with Crippen LogP contribution in [0.4, 0.5) is 14.6 Å². The minimum absolute atomic E-state index is 0.00221. The monoisotopic (exact) mass is 439 g/mol. The summed E-state index contributed by atoms with van der Waals surface area (Å²) in [6.07, 6.45) is 6.06. The zero-order chi connectivity index (χ0) is 21.9. The number of piperidine rings is 1. The van der Waals surface area contributed by atoms with Crippen molar-refractivity contribution in [2.24, 2.45) is 0 Å². The maximum atomic E-state index is 14.2. The highest BCUT2D eigenvalue weighted by Gasteiger charge is 2.53. The fraction of sp³-hybridized carbons (Fsp3) is 0.455. The number of phenolic OH excluding ortho intramolecular Hbond substituents is 1. The van der Waals surface area contributed by atoms with Crippen molar-refractivity contribution in [2.45, 2.75) is 56.2 Å². The first-order valence-electron chi connectivity index (χ1n) is 11.0. The number of halogens is 2. The first-order valence-corrected chi connectivity index (χ1v) is 11.0. The molecule has 2 saturated heterocycles. The number of nitrogens with zero attached hydrogens (tertiary/aromatic N) is 6. The second kappa shape index (κ2) is 7.19. The van der Waals surface area contributed by atoms with Gasteiger partial charge in [-0.15, -0.1) is 10.2 Å². The van der Waals surface area contributed by atoms with E-state index in [1.807, 2.05) is 12.1 Å². The molecule has 0 radical (unpaired) electrons. The number of alkyl halides is 2. The summed E-state index contributed by atoms with van der Waals surface area (Å²) < 4.78 is 30.0. The summed E-state index contributed by atoms with van der Waals surface area (Å²) in [5.41, 5.74) is 2.02. The smallest absolute Gasteiger partial charge is 0.264 e. The van der Waals surface area contributed by atoms with E-state index in [0.717, 1.165) is 30.8 Å². The molecule has 8 nitrogen and oxygen atoms in total. The molecule has 0 saturated carbocycles. The molecule has 10 heteroatoms. The van der Waals surface area contributed by atoms with Crippen molar-refractivity contribution in [2.75, 3.05) is 11.4 Å². The van der Waals surface area contributed by atoms with Crippen LogP contribution in [0.1, 0.15) is 31.4 Å². The van der Waals surface area contributed by atoms with Gasteiger partial charge >= 0.3 is 0 Å². The number of anilines is 1. The van der Waals surface area contributed by atoms with Crippen molar-refractivity contribution >= 4 is 5.82 Å². The van der Waals surface area contributed by atoms with Crippen LogP contribution in [0, 0.1) is 0 Å². The highest BCUT2D eigenvalue weighted by Crippen LogP contribution is 2.42. The number of benzene rings is 1. The molecule has 6 rings (SSSR count). The lowest BCUT2D eigenvalue weighted by molar-refractivity contribution is -0.0129. The van der Waals surface area contributed by atoms with E-state index in [1.165, 1.54) is 0 Å². The van der Waals surface area contributed by atoms with Crippen molar-refractivity contribution in [3.63, 3.8) is 0 Å². The van der Waals surface area contributed by atoms with Crippen LogP contribution in [0.5, 0.6) is 5.75 Å². The second-order valence-electron chi connectivity index (χ2n) is 8.86. The van der Waals surface area contributed by atoms with E-state index in [2.05, 4.69) is 25.5 Å². The maximum Gasteiger partial charge on any atom is 0.264 e. The van der Waals surface area contributed by atoms with Crippen molar-refractivity contribution in [3.05, 3.63) is 42.4 Å². The summed E-state index contributed by atoms with van der Waals surface area (Å²) in [5.74, 6) is -1.56. The topological polar surface area (TPSA) is 92.0 Å². The number of nitrogens with one attached hydrogen (secondary N) is 1. The lowest BCUT2D eigenvalue weighted by Crippen LogP contribution is -2.52. The number of phenols is 1. The number of fused-ring (bicyclic) bond motifs is 3. The van der Waals surface area contributed by atoms with Gasteiger partial charge in [-0.2, -0.15) is 5.10 Å². The third-order valence-electron chi connectivity index (χ3n) is 6.78. The first-order chi connectivity index (χ1) is 15.5. The van der Waals surface area contributed by atoms with Crippen LogP contribution >= 0.6 is 0 Å². The van der Waals surface area contributed by atoms with Gasteiger partial charge in [0.15, 0.2) is 11.6 Å². The minimum atomic E-state index is -2.65. The largest absolute Gasteiger partial charge is 0.507 e. The number of rotatable bonds is 3. The van der Waals surface area contributed by atoms with Crippen LogP contribution in [0.3, 0.4) is 0 Å². The Hall–Kier alpha value is -3.14. The quantitative estimate of drug-likeness (QED) is 0.648. The Balaban J connectivity index is 1.28. The van der Waals surface area contributed by atoms with Gasteiger partial charge in [0.05, 0.1) is 23.0 Å². The van der Waals surface area contributed by atoms with E-state index in [9.17, 15) is 13.9 Å². The Morgan fingerprint density at radius 2 is 2.09 bits per heavy atom. The molecule has 32 heavy (non-hydrogen) atoms. The van der Waals surface area contributed by atoms with Crippen LogP contribution in [-0.4, -0.2) is 60.7 Å². The molecule has 1 aromatic carbocycles. The molecule has 3 aliphatic heterocycles. The lowest BCUT2D eigenvalue weighted by atomic mass is 9.96. The molecule has 2 aromatic heterocycles. The minimum Gasteiger partial charge on any atom is -0.507 e. The van der Waals surface area contributed by atoms with E-state index in [-0.39, 0.29) is 24.3 Å². The molecule has 3 atom stereocenters. The highest BCUT2D eigenvalue weighted by atomic mass is 19.3.